The van der Waals surface area contributed by atoms with Crippen molar-refractivity contribution in [2.24, 2.45) is 0 Å². The molecule has 0 aliphatic carbocycles. The molecule has 98 valence electrons. The van der Waals surface area contributed by atoms with Gasteiger partial charge in [0.15, 0.2) is 0 Å². The van der Waals surface area contributed by atoms with Crippen molar-refractivity contribution in [3.05, 3.63) is 66.7 Å². The second-order valence-electron chi connectivity index (χ2n) is 5.50. The molecule has 0 spiro atoms. The number of rotatable bonds is 0. The Morgan fingerprint density at radius 1 is 0.667 bits per heavy atom. The number of anilines is 2. The van der Waals surface area contributed by atoms with Crippen LogP contribution in [0.1, 0.15) is 0 Å². The molecule has 0 atom stereocenters. The zero-order valence-electron chi connectivity index (χ0n) is 11.3. The van der Waals surface area contributed by atoms with Gasteiger partial charge in [-0.25, -0.2) is 0 Å². The van der Waals surface area contributed by atoms with Gasteiger partial charge in [0.25, 0.3) is 0 Å². The molecule has 1 nitrogen and oxygen atoms in total. The van der Waals surface area contributed by atoms with Crippen LogP contribution in [0.2, 0.25) is 0 Å². The van der Waals surface area contributed by atoms with E-state index in [1.54, 1.807) is 0 Å². The van der Waals surface area contributed by atoms with Crippen molar-refractivity contribution in [2.75, 3.05) is 5.32 Å². The molecule has 3 aromatic carbocycles. The van der Waals surface area contributed by atoms with E-state index in [1.807, 2.05) is 0 Å². The Balaban J connectivity index is 1.88. The summed E-state index contributed by atoms with van der Waals surface area (Å²) in [5.41, 5.74) is 6.92. The summed E-state index contributed by atoms with van der Waals surface area (Å²) in [4.78, 5) is 0. The fraction of sp³-hybridized carbons (Fsp3) is 0. The molecule has 2 aliphatic heterocycles. The van der Waals surface area contributed by atoms with Crippen LogP contribution in [0.4, 0.5) is 11.4 Å². The van der Waals surface area contributed by atoms with Crippen molar-refractivity contribution < 1.29 is 0 Å². The molecule has 0 aromatic heterocycles. The van der Waals surface area contributed by atoms with E-state index in [0.717, 1.165) is 0 Å². The summed E-state index contributed by atoms with van der Waals surface area (Å²) in [6, 6.07) is 24.4. The standard InChI is InChI=1S/C18H12BNSe/c1-3-8-14-12(6-1)19-13-7-2-4-10-16(13)21-17-11-5-9-15(20-14)18(17)19/h1-11,20H. The van der Waals surface area contributed by atoms with Crippen LogP contribution in [0, 0.1) is 0 Å². The minimum absolute atomic E-state index is 0.389. The second-order valence-corrected chi connectivity index (χ2v) is 7.78. The predicted molar refractivity (Wildman–Crippen MR) is 92.3 cm³/mol. The topological polar surface area (TPSA) is 12.0 Å². The monoisotopic (exact) mass is 333 g/mol. The van der Waals surface area contributed by atoms with Gasteiger partial charge in [-0.2, -0.15) is 0 Å². The molecule has 0 amide bonds. The summed E-state index contributed by atoms with van der Waals surface area (Å²) in [7, 11) is 0. The van der Waals surface area contributed by atoms with Gasteiger partial charge in [-0.05, 0) is 0 Å². The zero-order chi connectivity index (χ0) is 13.8. The molecule has 1 N–H and O–H groups in total. The van der Waals surface area contributed by atoms with Gasteiger partial charge in [-0.3, -0.25) is 0 Å². The molecule has 0 fully saturated rings. The van der Waals surface area contributed by atoms with Crippen LogP contribution >= 0.6 is 0 Å². The Morgan fingerprint density at radius 2 is 1.38 bits per heavy atom. The first-order chi connectivity index (χ1) is 10.4. The van der Waals surface area contributed by atoms with Crippen LogP contribution < -0.4 is 30.6 Å². The molecule has 0 saturated carbocycles. The SMILES string of the molecule is c1ccc2c(c1)Nc1cccc3c1B2c1ccccc1[Se]3. The van der Waals surface area contributed by atoms with Crippen molar-refractivity contribution >= 4 is 58.4 Å². The number of hydrogen-bond acceptors (Lipinski definition) is 1. The third-order valence-electron chi connectivity index (χ3n) is 4.35. The summed E-state index contributed by atoms with van der Waals surface area (Å²) in [6.45, 7) is 0.389. The average molecular weight is 332 g/mol. The first-order valence-electron chi connectivity index (χ1n) is 7.17. The summed E-state index contributed by atoms with van der Waals surface area (Å²) in [5.74, 6) is 0. The van der Waals surface area contributed by atoms with Gasteiger partial charge in [0.2, 0.25) is 0 Å². The fourth-order valence-electron chi connectivity index (χ4n) is 3.46. The summed E-state index contributed by atoms with van der Waals surface area (Å²) in [6.07, 6.45) is 0. The van der Waals surface area contributed by atoms with E-state index < -0.39 is 0 Å². The minimum atomic E-state index is 0.389. The van der Waals surface area contributed by atoms with E-state index in [2.05, 4.69) is 72.0 Å². The Morgan fingerprint density at radius 3 is 2.33 bits per heavy atom. The van der Waals surface area contributed by atoms with Crippen molar-refractivity contribution in [3.63, 3.8) is 0 Å². The number of fused-ring (bicyclic) bond motifs is 4. The summed E-state index contributed by atoms with van der Waals surface area (Å²) < 4.78 is 3.04. The molecule has 0 bridgehead atoms. The predicted octanol–water partition coefficient (Wildman–Crippen LogP) is 0.228. The maximum absolute atomic E-state index is 3.62. The van der Waals surface area contributed by atoms with Gasteiger partial charge in [0.05, 0.1) is 0 Å². The molecule has 2 heterocycles. The number of para-hydroxylation sites is 1. The number of benzene rings is 3. The molecular weight excluding hydrogens is 320 g/mol. The molecule has 3 aromatic rings. The van der Waals surface area contributed by atoms with Gasteiger partial charge in [-0.1, -0.05) is 0 Å². The van der Waals surface area contributed by atoms with Crippen molar-refractivity contribution in [1.82, 2.24) is 0 Å². The molecule has 3 heteroatoms. The van der Waals surface area contributed by atoms with Gasteiger partial charge < -0.3 is 0 Å². The third-order valence-corrected chi connectivity index (χ3v) is 6.80. The third kappa shape index (κ3) is 1.59. The van der Waals surface area contributed by atoms with E-state index in [1.165, 1.54) is 36.7 Å². The van der Waals surface area contributed by atoms with E-state index in [9.17, 15) is 0 Å². The molecule has 5 rings (SSSR count). The van der Waals surface area contributed by atoms with Crippen LogP contribution in [0.15, 0.2) is 66.7 Å². The first kappa shape index (κ1) is 11.7. The van der Waals surface area contributed by atoms with Gasteiger partial charge in [0, 0.05) is 0 Å². The van der Waals surface area contributed by atoms with Crippen LogP contribution in [0.5, 0.6) is 0 Å². The molecule has 0 radical (unpaired) electrons. The Hall–Kier alpha value is -1.96. The van der Waals surface area contributed by atoms with Crippen molar-refractivity contribution in [2.45, 2.75) is 0 Å². The number of hydrogen-bond donors (Lipinski definition) is 1. The first-order valence-corrected chi connectivity index (χ1v) is 8.89. The van der Waals surface area contributed by atoms with Crippen LogP contribution in [0.3, 0.4) is 0 Å². The zero-order valence-corrected chi connectivity index (χ0v) is 13.0. The molecule has 0 saturated heterocycles. The Bertz CT molecular complexity index is 807. The van der Waals surface area contributed by atoms with Gasteiger partial charge in [0.1, 0.15) is 0 Å². The normalized spacial score (nSPS) is 13.8. The molecule has 2 aliphatic rings. The van der Waals surface area contributed by atoms with Crippen molar-refractivity contribution in [3.8, 4) is 0 Å². The van der Waals surface area contributed by atoms with E-state index in [4.69, 9.17) is 0 Å². The Labute approximate surface area is 130 Å². The summed E-state index contributed by atoms with van der Waals surface area (Å²) in [5, 5.41) is 3.62. The van der Waals surface area contributed by atoms with Crippen LogP contribution in [0.25, 0.3) is 0 Å². The quantitative estimate of drug-likeness (QED) is 0.401. The van der Waals surface area contributed by atoms with E-state index >= 15 is 0 Å². The molecule has 21 heavy (non-hydrogen) atoms. The number of nitrogens with one attached hydrogen (secondary N) is 1. The van der Waals surface area contributed by atoms with Crippen LogP contribution in [-0.2, 0) is 0 Å². The van der Waals surface area contributed by atoms with Gasteiger partial charge >= 0.3 is 130 Å². The Kier molecular flexibility index (Phi) is 2.37. The maximum atomic E-state index is 3.62. The fourth-order valence-corrected chi connectivity index (χ4v) is 5.91. The summed E-state index contributed by atoms with van der Waals surface area (Å²) >= 11 is 0.409. The van der Waals surface area contributed by atoms with Crippen molar-refractivity contribution in [1.29, 1.82) is 0 Å². The van der Waals surface area contributed by atoms with Crippen LogP contribution in [-0.4, -0.2) is 21.7 Å². The van der Waals surface area contributed by atoms with Gasteiger partial charge in [-0.15, -0.1) is 0 Å². The van der Waals surface area contributed by atoms with E-state index in [0.29, 0.717) is 21.7 Å². The van der Waals surface area contributed by atoms with E-state index in [-0.39, 0.29) is 0 Å². The second kappa shape index (κ2) is 4.27. The molecular formula is C18H12BNSe. The average Bonchev–Trinajstić information content (AvgIpc) is 2.54. The molecule has 0 unspecified atom stereocenters.